The molecule has 0 saturated heterocycles. The molecule has 0 aliphatic heterocycles. The van der Waals surface area contributed by atoms with E-state index in [0.717, 1.165) is 6.26 Å². The second kappa shape index (κ2) is 5.73. The van der Waals surface area contributed by atoms with Crippen LogP contribution >= 0.6 is 11.6 Å². The molecule has 0 aliphatic rings. The van der Waals surface area contributed by atoms with Crippen molar-refractivity contribution in [2.75, 3.05) is 18.7 Å². The van der Waals surface area contributed by atoms with Gasteiger partial charge in [0.15, 0.2) is 0 Å². The molecule has 0 aromatic heterocycles. The molecule has 0 N–H and O–H groups in total. The number of ether oxygens (including phenoxy) is 1. The van der Waals surface area contributed by atoms with Gasteiger partial charge in [0.1, 0.15) is 5.60 Å². The Labute approximate surface area is 107 Å². The number of halogens is 1. The highest BCUT2D eigenvalue weighted by Crippen LogP contribution is 2.13. The summed E-state index contributed by atoms with van der Waals surface area (Å²) in [4.78, 5) is 11.7. The van der Waals surface area contributed by atoms with Crippen LogP contribution in [0.2, 0.25) is 0 Å². The van der Waals surface area contributed by atoms with Crippen LogP contribution in [0.1, 0.15) is 20.8 Å². The molecule has 0 heterocycles. The van der Waals surface area contributed by atoms with Crippen LogP contribution < -0.4 is 0 Å². The molecule has 17 heavy (non-hydrogen) atoms. The Hall–Kier alpha value is -0.750. The summed E-state index contributed by atoms with van der Waals surface area (Å²) in [5, 5.41) is 0. The monoisotopic (exact) mass is 283 g/mol. The number of amides is 1. The second-order valence-electron chi connectivity index (χ2n) is 4.63. The average Bonchev–Trinajstić information content (AvgIpc) is 2.08. The van der Waals surface area contributed by atoms with Crippen molar-refractivity contribution in [2.45, 2.75) is 26.4 Å². The Balaban J connectivity index is 4.96. The molecule has 0 aliphatic carbocycles. The summed E-state index contributed by atoms with van der Waals surface area (Å²) >= 11 is 5.51. The molecule has 7 heteroatoms. The lowest BCUT2D eigenvalue weighted by molar-refractivity contribution is 0.0402. The zero-order valence-corrected chi connectivity index (χ0v) is 12.1. The van der Waals surface area contributed by atoms with Gasteiger partial charge in [-0.3, -0.25) is 0 Å². The first-order chi connectivity index (χ1) is 7.47. The highest BCUT2D eigenvalue weighted by Gasteiger charge is 2.28. The molecule has 0 bridgehead atoms. The molecule has 0 aromatic carbocycles. The van der Waals surface area contributed by atoms with E-state index in [2.05, 4.69) is 6.58 Å². The van der Waals surface area contributed by atoms with E-state index < -0.39 is 21.7 Å². The fourth-order valence-electron chi connectivity index (χ4n) is 0.875. The molecule has 0 rings (SSSR count). The van der Waals surface area contributed by atoms with Crippen molar-refractivity contribution in [2.24, 2.45) is 0 Å². The first kappa shape index (κ1) is 16.2. The molecule has 0 aromatic rings. The summed E-state index contributed by atoms with van der Waals surface area (Å²) in [6.07, 6.45) is 0.00425. The minimum absolute atomic E-state index is 0.0782. The third-order valence-corrected chi connectivity index (χ3v) is 3.01. The Bertz CT molecular complexity index is 397. The largest absolute Gasteiger partial charge is 0.443 e. The number of hydrogen-bond acceptors (Lipinski definition) is 4. The summed E-state index contributed by atoms with van der Waals surface area (Å²) in [6.45, 7) is 8.35. The lowest BCUT2D eigenvalue weighted by atomic mass is 10.2. The first-order valence-electron chi connectivity index (χ1n) is 4.90. The summed E-state index contributed by atoms with van der Waals surface area (Å²) in [5.74, 6) is 0.0782. The van der Waals surface area contributed by atoms with Crippen molar-refractivity contribution in [1.29, 1.82) is 0 Å². The lowest BCUT2D eigenvalue weighted by Gasteiger charge is -2.26. The number of nitrogens with zero attached hydrogens (tertiary/aromatic N) is 1. The maximum atomic E-state index is 11.7. The quantitative estimate of drug-likeness (QED) is 0.584. The van der Waals surface area contributed by atoms with Crippen molar-refractivity contribution < 1.29 is 17.9 Å². The van der Waals surface area contributed by atoms with E-state index in [0.29, 0.717) is 9.88 Å². The minimum atomic E-state index is -3.70. The van der Waals surface area contributed by atoms with Crippen molar-refractivity contribution in [3.05, 3.63) is 12.2 Å². The van der Waals surface area contributed by atoms with E-state index in [4.69, 9.17) is 16.3 Å². The Morgan fingerprint density at radius 2 is 1.88 bits per heavy atom. The van der Waals surface area contributed by atoms with E-state index >= 15 is 0 Å². The molecule has 0 unspecified atom stereocenters. The smallest absolute Gasteiger partial charge is 0.424 e. The third kappa shape index (κ3) is 6.53. The Kier molecular flexibility index (Phi) is 5.48. The zero-order valence-electron chi connectivity index (χ0n) is 10.5. The van der Waals surface area contributed by atoms with Crippen LogP contribution in [0.5, 0.6) is 0 Å². The molecule has 100 valence electrons. The maximum absolute atomic E-state index is 11.7. The van der Waals surface area contributed by atoms with Gasteiger partial charge in [-0.25, -0.2) is 17.5 Å². The fourth-order valence-corrected chi connectivity index (χ4v) is 1.69. The van der Waals surface area contributed by atoms with Gasteiger partial charge in [0.2, 0.25) is 10.0 Å². The predicted molar refractivity (Wildman–Crippen MR) is 67.6 cm³/mol. The number of carbonyl (C=O) groups is 1. The molecule has 0 fully saturated rings. The van der Waals surface area contributed by atoms with Crippen LogP contribution in [0.25, 0.3) is 0 Å². The molecule has 0 radical (unpaired) electrons. The van der Waals surface area contributed by atoms with E-state index in [1.165, 1.54) is 0 Å². The van der Waals surface area contributed by atoms with Crippen molar-refractivity contribution in [3.63, 3.8) is 0 Å². The summed E-state index contributed by atoms with van der Waals surface area (Å²) in [6, 6.07) is 0. The van der Waals surface area contributed by atoms with Crippen LogP contribution in [-0.2, 0) is 14.8 Å². The average molecular weight is 284 g/mol. The van der Waals surface area contributed by atoms with Crippen LogP contribution in [0, 0.1) is 0 Å². The van der Waals surface area contributed by atoms with Gasteiger partial charge in [-0.15, -0.1) is 11.6 Å². The van der Waals surface area contributed by atoms with E-state index in [1.54, 1.807) is 20.8 Å². The van der Waals surface area contributed by atoms with Crippen LogP contribution in [0.4, 0.5) is 4.79 Å². The van der Waals surface area contributed by atoms with Gasteiger partial charge in [-0.2, -0.15) is 0 Å². The zero-order chi connectivity index (χ0) is 13.9. The molecule has 0 spiro atoms. The number of rotatable bonds is 4. The first-order valence-corrected chi connectivity index (χ1v) is 7.29. The summed E-state index contributed by atoms with van der Waals surface area (Å²) in [5.41, 5.74) is -0.342. The summed E-state index contributed by atoms with van der Waals surface area (Å²) < 4.78 is 28.5. The second-order valence-corrected chi connectivity index (χ2v) is 6.81. The topological polar surface area (TPSA) is 63.7 Å². The van der Waals surface area contributed by atoms with Gasteiger partial charge in [0, 0.05) is 5.88 Å². The van der Waals surface area contributed by atoms with Gasteiger partial charge >= 0.3 is 6.09 Å². The molecule has 0 atom stereocenters. The fraction of sp³-hybridized carbons (Fsp3) is 0.700. The van der Waals surface area contributed by atoms with E-state index in [9.17, 15) is 13.2 Å². The SMILES string of the molecule is C=C(CCl)CN(C(=O)OC(C)(C)C)S(C)(=O)=O. The van der Waals surface area contributed by atoms with Crippen LogP contribution in [0.15, 0.2) is 12.2 Å². The number of carbonyl (C=O) groups excluding carboxylic acids is 1. The maximum Gasteiger partial charge on any atom is 0.424 e. The Morgan fingerprint density at radius 3 is 2.18 bits per heavy atom. The standard InChI is InChI=1S/C10H18ClNO4S/c1-8(6-11)7-12(17(5,14)15)9(13)16-10(2,3)4/h1,6-7H2,2-5H3. The van der Waals surface area contributed by atoms with Crippen LogP contribution in [-0.4, -0.2) is 43.1 Å². The van der Waals surface area contributed by atoms with Crippen molar-refractivity contribution in [3.8, 4) is 0 Å². The van der Waals surface area contributed by atoms with Gasteiger partial charge in [0.05, 0.1) is 12.8 Å². The number of hydrogen-bond donors (Lipinski definition) is 0. The molecular formula is C10H18ClNO4S. The molecular weight excluding hydrogens is 266 g/mol. The van der Waals surface area contributed by atoms with Crippen molar-refractivity contribution >= 4 is 27.7 Å². The summed E-state index contributed by atoms with van der Waals surface area (Å²) in [7, 11) is -3.70. The van der Waals surface area contributed by atoms with Crippen molar-refractivity contribution in [1.82, 2.24) is 4.31 Å². The predicted octanol–water partition coefficient (Wildman–Crippen LogP) is 1.98. The number of sulfonamides is 1. The van der Waals surface area contributed by atoms with Gasteiger partial charge in [0.25, 0.3) is 0 Å². The minimum Gasteiger partial charge on any atom is -0.443 e. The highest BCUT2D eigenvalue weighted by molar-refractivity contribution is 7.88. The lowest BCUT2D eigenvalue weighted by Crippen LogP contribution is -2.41. The third-order valence-electron chi connectivity index (χ3n) is 1.55. The molecule has 0 saturated carbocycles. The van der Waals surface area contributed by atoms with E-state index in [-0.39, 0.29) is 12.4 Å². The highest BCUT2D eigenvalue weighted by atomic mass is 35.5. The number of alkyl halides is 1. The Morgan fingerprint density at radius 1 is 1.41 bits per heavy atom. The van der Waals surface area contributed by atoms with Crippen LogP contribution in [0.3, 0.4) is 0 Å². The van der Waals surface area contributed by atoms with Gasteiger partial charge in [-0.1, -0.05) is 6.58 Å². The normalized spacial score (nSPS) is 12.1. The van der Waals surface area contributed by atoms with Gasteiger partial charge < -0.3 is 4.74 Å². The van der Waals surface area contributed by atoms with E-state index in [1.807, 2.05) is 0 Å². The molecule has 1 amide bonds. The van der Waals surface area contributed by atoms with Gasteiger partial charge in [-0.05, 0) is 26.3 Å². The molecule has 5 nitrogen and oxygen atoms in total.